The SMILES string of the molecule is C[C@@H]1C[C@H](C)CN(S(=O)(=O)N2CCCC[C@@H]2[C@H](C)O)C1. The number of rotatable bonds is 3. The molecular formula is C14H28N2O3S. The number of hydrogen-bond acceptors (Lipinski definition) is 3. The van der Waals surface area contributed by atoms with E-state index in [1.807, 2.05) is 0 Å². The lowest BCUT2D eigenvalue weighted by atomic mass is 9.94. The maximum atomic E-state index is 12.9. The van der Waals surface area contributed by atoms with Crippen LogP contribution in [0.25, 0.3) is 0 Å². The van der Waals surface area contributed by atoms with Crippen molar-refractivity contribution in [2.75, 3.05) is 19.6 Å². The Bertz CT molecular complexity index is 414. The normalized spacial score (nSPS) is 35.9. The molecule has 0 amide bonds. The first-order valence-corrected chi connectivity index (χ1v) is 9.17. The number of nitrogens with zero attached hydrogens (tertiary/aromatic N) is 2. The van der Waals surface area contributed by atoms with E-state index in [1.165, 1.54) is 0 Å². The molecule has 0 aromatic heterocycles. The largest absolute Gasteiger partial charge is 0.392 e. The highest BCUT2D eigenvalue weighted by Crippen LogP contribution is 2.29. The Hall–Kier alpha value is -0.170. The van der Waals surface area contributed by atoms with Crippen molar-refractivity contribution in [3.63, 3.8) is 0 Å². The molecule has 0 saturated carbocycles. The second-order valence-corrected chi connectivity index (χ2v) is 8.57. The fourth-order valence-corrected chi connectivity index (χ4v) is 5.81. The predicted molar refractivity (Wildman–Crippen MR) is 79.5 cm³/mol. The van der Waals surface area contributed by atoms with E-state index >= 15 is 0 Å². The van der Waals surface area contributed by atoms with Crippen LogP contribution in [0, 0.1) is 11.8 Å². The molecule has 0 radical (unpaired) electrons. The molecule has 2 aliphatic rings. The van der Waals surface area contributed by atoms with Crippen molar-refractivity contribution in [3.8, 4) is 0 Å². The minimum absolute atomic E-state index is 0.263. The second-order valence-electron chi connectivity index (χ2n) is 6.69. The first kappa shape index (κ1) is 16.2. The third kappa shape index (κ3) is 3.35. The monoisotopic (exact) mass is 304 g/mol. The van der Waals surface area contributed by atoms with Crippen LogP contribution in [0.5, 0.6) is 0 Å². The average Bonchev–Trinajstić information content (AvgIpc) is 2.37. The molecule has 0 bridgehead atoms. The summed E-state index contributed by atoms with van der Waals surface area (Å²) in [6.07, 6.45) is 3.13. The third-order valence-corrected chi connectivity index (χ3v) is 6.51. The molecule has 2 rings (SSSR count). The van der Waals surface area contributed by atoms with Gasteiger partial charge >= 0.3 is 0 Å². The van der Waals surface area contributed by atoms with Crippen LogP contribution in [0.3, 0.4) is 0 Å². The average molecular weight is 304 g/mol. The lowest BCUT2D eigenvalue weighted by Gasteiger charge is -2.42. The molecule has 2 heterocycles. The van der Waals surface area contributed by atoms with E-state index in [4.69, 9.17) is 0 Å². The van der Waals surface area contributed by atoms with Gasteiger partial charge < -0.3 is 5.11 Å². The van der Waals surface area contributed by atoms with Crippen LogP contribution in [0.2, 0.25) is 0 Å². The molecule has 2 aliphatic heterocycles. The molecule has 5 nitrogen and oxygen atoms in total. The van der Waals surface area contributed by atoms with Gasteiger partial charge in [-0.15, -0.1) is 0 Å². The standard InChI is InChI=1S/C14H28N2O3S/c1-11-8-12(2)10-15(9-11)20(18,19)16-7-5-4-6-14(16)13(3)17/h11-14,17H,4-10H2,1-3H3/t11-,12+,13-,14+/m0/s1. The van der Waals surface area contributed by atoms with E-state index in [2.05, 4.69) is 13.8 Å². The van der Waals surface area contributed by atoms with Crippen molar-refractivity contribution < 1.29 is 13.5 Å². The topological polar surface area (TPSA) is 60.9 Å². The van der Waals surface area contributed by atoms with E-state index in [-0.39, 0.29) is 6.04 Å². The van der Waals surface area contributed by atoms with Gasteiger partial charge in [0.05, 0.1) is 12.1 Å². The first-order chi connectivity index (χ1) is 9.32. The number of hydrogen-bond donors (Lipinski definition) is 1. The fourth-order valence-electron chi connectivity index (χ4n) is 3.64. The highest BCUT2D eigenvalue weighted by molar-refractivity contribution is 7.86. The maximum absolute atomic E-state index is 12.9. The Balaban J connectivity index is 2.19. The Morgan fingerprint density at radius 3 is 2.30 bits per heavy atom. The van der Waals surface area contributed by atoms with Gasteiger partial charge in [-0.05, 0) is 38.0 Å². The zero-order chi connectivity index (χ0) is 14.9. The Kier molecular flexibility index (Phi) is 5.10. The summed E-state index contributed by atoms with van der Waals surface area (Å²) >= 11 is 0. The summed E-state index contributed by atoms with van der Waals surface area (Å²) < 4.78 is 29.0. The van der Waals surface area contributed by atoms with Gasteiger partial charge in [0.25, 0.3) is 10.2 Å². The highest BCUT2D eigenvalue weighted by Gasteiger charge is 2.40. The maximum Gasteiger partial charge on any atom is 0.282 e. The van der Waals surface area contributed by atoms with E-state index < -0.39 is 16.3 Å². The molecular weight excluding hydrogens is 276 g/mol. The Morgan fingerprint density at radius 1 is 1.15 bits per heavy atom. The minimum atomic E-state index is -3.44. The molecule has 20 heavy (non-hydrogen) atoms. The summed E-state index contributed by atoms with van der Waals surface area (Å²) in [5.74, 6) is 0.812. The smallest absolute Gasteiger partial charge is 0.282 e. The lowest BCUT2D eigenvalue weighted by Crippen LogP contribution is -2.56. The van der Waals surface area contributed by atoms with Gasteiger partial charge in [0, 0.05) is 19.6 Å². The Labute approximate surface area is 123 Å². The lowest BCUT2D eigenvalue weighted by molar-refractivity contribution is 0.0765. The van der Waals surface area contributed by atoms with E-state index in [0.717, 1.165) is 25.7 Å². The summed E-state index contributed by atoms with van der Waals surface area (Å²) in [5, 5.41) is 9.89. The predicted octanol–water partition coefficient (Wildman–Crippen LogP) is 1.44. The summed E-state index contributed by atoms with van der Waals surface area (Å²) in [6.45, 7) is 7.67. The van der Waals surface area contributed by atoms with Crippen molar-refractivity contribution >= 4 is 10.2 Å². The van der Waals surface area contributed by atoms with Crippen LogP contribution in [0.1, 0.15) is 46.5 Å². The summed E-state index contributed by atoms with van der Waals surface area (Å²) in [4.78, 5) is 0. The molecule has 4 atom stereocenters. The number of aliphatic hydroxyl groups is 1. The molecule has 2 fully saturated rings. The molecule has 6 heteroatoms. The first-order valence-electron chi connectivity index (χ1n) is 7.77. The van der Waals surface area contributed by atoms with E-state index in [0.29, 0.717) is 31.5 Å². The third-order valence-electron chi connectivity index (χ3n) is 4.51. The van der Waals surface area contributed by atoms with E-state index in [1.54, 1.807) is 15.5 Å². The Morgan fingerprint density at radius 2 is 1.75 bits per heavy atom. The van der Waals surface area contributed by atoms with Crippen LogP contribution in [-0.4, -0.2) is 53.9 Å². The van der Waals surface area contributed by atoms with Crippen LogP contribution >= 0.6 is 0 Å². The zero-order valence-electron chi connectivity index (χ0n) is 12.8. The van der Waals surface area contributed by atoms with Crippen molar-refractivity contribution in [2.45, 2.75) is 58.6 Å². The van der Waals surface area contributed by atoms with Crippen molar-refractivity contribution in [1.82, 2.24) is 8.61 Å². The van der Waals surface area contributed by atoms with Crippen molar-refractivity contribution in [3.05, 3.63) is 0 Å². The summed E-state index contributed by atoms with van der Waals surface area (Å²) in [5.41, 5.74) is 0. The van der Waals surface area contributed by atoms with Gasteiger partial charge in [-0.3, -0.25) is 0 Å². The van der Waals surface area contributed by atoms with Gasteiger partial charge in [0.1, 0.15) is 0 Å². The van der Waals surface area contributed by atoms with Crippen molar-refractivity contribution in [1.29, 1.82) is 0 Å². The summed E-state index contributed by atoms with van der Waals surface area (Å²) in [7, 11) is -3.44. The second kappa shape index (κ2) is 6.30. The molecule has 0 aromatic carbocycles. The van der Waals surface area contributed by atoms with Crippen LogP contribution in [-0.2, 0) is 10.2 Å². The molecule has 0 aliphatic carbocycles. The van der Waals surface area contributed by atoms with Crippen molar-refractivity contribution in [2.24, 2.45) is 11.8 Å². The molecule has 118 valence electrons. The number of piperidine rings is 2. The number of aliphatic hydroxyl groups excluding tert-OH is 1. The molecule has 0 aromatic rings. The van der Waals surface area contributed by atoms with Gasteiger partial charge in [-0.2, -0.15) is 17.0 Å². The van der Waals surface area contributed by atoms with Gasteiger partial charge in [-0.1, -0.05) is 20.3 Å². The molecule has 1 N–H and O–H groups in total. The van der Waals surface area contributed by atoms with Crippen LogP contribution < -0.4 is 0 Å². The van der Waals surface area contributed by atoms with E-state index in [9.17, 15) is 13.5 Å². The fraction of sp³-hybridized carbons (Fsp3) is 1.00. The van der Waals surface area contributed by atoms with Gasteiger partial charge in [0.2, 0.25) is 0 Å². The molecule has 0 spiro atoms. The quantitative estimate of drug-likeness (QED) is 0.858. The van der Waals surface area contributed by atoms with Crippen LogP contribution in [0.4, 0.5) is 0 Å². The minimum Gasteiger partial charge on any atom is -0.392 e. The zero-order valence-corrected chi connectivity index (χ0v) is 13.6. The van der Waals surface area contributed by atoms with Crippen LogP contribution in [0.15, 0.2) is 0 Å². The molecule has 0 unspecified atom stereocenters. The van der Waals surface area contributed by atoms with Gasteiger partial charge in [-0.25, -0.2) is 0 Å². The summed E-state index contributed by atoms with van der Waals surface area (Å²) in [6, 6.07) is -0.263. The molecule has 2 saturated heterocycles. The highest BCUT2D eigenvalue weighted by atomic mass is 32.2. The van der Waals surface area contributed by atoms with Gasteiger partial charge in [0.15, 0.2) is 0 Å².